The first kappa shape index (κ1) is 16.6. The average molecular weight is 323 g/mol. The zero-order chi connectivity index (χ0) is 16.8. The Morgan fingerprint density at radius 2 is 1.75 bits per heavy atom. The highest BCUT2D eigenvalue weighted by molar-refractivity contribution is 5.82. The molecule has 0 unspecified atom stereocenters. The zero-order valence-corrected chi connectivity index (χ0v) is 14.4. The largest absolute Gasteiger partial charge is 0.492 e. The van der Waals surface area contributed by atoms with Gasteiger partial charge in [0.1, 0.15) is 12.4 Å². The van der Waals surface area contributed by atoms with Crippen molar-refractivity contribution < 1.29 is 4.74 Å². The number of H-pyrrole nitrogens is 1. The molecular weight excluding hydrogens is 298 g/mol. The molecule has 24 heavy (non-hydrogen) atoms. The Hall–Kier alpha value is -2.30. The summed E-state index contributed by atoms with van der Waals surface area (Å²) in [4.78, 5) is 5.38. The molecular formula is C20H25N3O. The monoisotopic (exact) mass is 323 g/mol. The van der Waals surface area contributed by atoms with E-state index in [1.165, 1.54) is 22.0 Å². The van der Waals surface area contributed by atoms with Crippen LogP contribution in [0.25, 0.3) is 10.9 Å². The van der Waals surface area contributed by atoms with Crippen molar-refractivity contribution in [3.8, 4) is 5.75 Å². The van der Waals surface area contributed by atoms with Gasteiger partial charge in [0.15, 0.2) is 0 Å². The van der Waals surface area contributed by atoms with Crippen LogP contribution in [-0.4, -0.2) is 37.1 Å². The van der Waals surface area contributed by atoms with Crippen LogP contribution in [0.4, 0.5) is 0 Å². The normalized spacial score (nSPS) is 11.3. The molecule has 4 heteroatoms. The number of rotatable bonds is 8. The van der Waals surface area contributed by atoms with Crippen molar-refractivity contribution in [2.24, 2.45) is 0 Å². The topological polar surface area (TPSA) is 40.3 Å². The van der Waals surface area contributed by atoms with Crippen LogP contribution >= 0.6 is 0 Å². The van der Waals surface area contributed by atoms with Gasteiger partial charge >= 0.3 is 0 Å². The number of para-hydroxylation sites is 1. The van der Waals surface area contributed by atoms with Gasteiger partial charge < -0.3 is 19.9 Å². The standard InChI is InChI=1S/C20H25N3O/c1-23(2)12-13-24-20-9-4-3-6-17(20)15-21-14-16-7-5-8-19-18(16)10-11-22-19/h3-11,21-22H,12-15H2,1-2H3. The van der Waals surface area contributed by atoms with Gasteiger partial charge in [-0.1, -0.05) is 30.3 Å². The summed E-state index contributed by atoms with van der Waals surface area (Å²) in [7, 11) is 4.11. The lowest BCUT2D eigenvalue weighted by molar-refractivity contribution is 0.259. The lowest BCUT2D eigenvalue weighted by Gasteiger charge is -2.14. The summed E-state index contributed by atoms with van der Waals surface area (Å²) in [5, 5.41) is 4.81. The van der Waals surface area contributed by atoms with Crippen molar-refractivity contribution in [3.63, 3.8) is 0 Å². The number of aromatic nitrogens is 1. The van der Waals surface area contributed by atoms with Gasteiger partial charge in [0.25, 0.3) is 0 Å². The maximum absolute atomic E-state index is 5.92. The van der Waals surface area contributed by atoms with E-state index in [2.05, 4.69) is 65.7 Å². The molecule has 3 rings (SSSR count). The van der Waals surface area contributed by atoms with Gasteiger partial charge in [-0.3, -0.25) is 0 Å². The number of hydrogen-bond donors (Lipinski definition) is 2. The van der Waals surface area contributed by atoms with Gasteiger partial charge in [-0.05, 0) is 37.9 Å². The molecule has 0 spiro atoms. The number of hydrogen-bond acceptors (Lipinski definition) is 3. The Bertz CT molecular complexity index is 779. The number of ether oxygens (including phenoxy) is 1. The first-order valence-corrected chi connectivity index (χ1v) is 8.35. The van der Waals surface area contributed by atoms with E-state index in [0.29, 0.717) is 6.61 Å². The molecule has 0 saturated heterocycles. The number of fused-ring (bicyclic) bond motifs is 1. The molecule has 1 heterocycles. The molecule has 0 aliphatic carbocycles. The molecule has 2 aromatic carbocycles. The van der Waals surface area contributed by atoms with Crippen molar-refractivity contribution in [2.45, 2.75) is 13.1 Å². The van der Waals surface area contributed by atoms with Gasteiger partial charge in [0, 0.05) is 42.3 Å². The van der Waals surface area contributed by atoms with E-state index in [0.717, 1.165) is 25.4 Å². The van der Waals surface area contributed by atoms with Crippen molar-refractivity contribution in [3.05, 3.63) is 65.9 Å². The number of nitrogens with one attached hydrogen (secondary N) is 2. The molecule has 0 amide bonds. The Morgan fingerprint density at radius 1 is 0.958 bits per heavy atom. The second-order valence-electron chi connectivity index (χ2n) is 6.22. The van der Waals surface area contributed by atoms with E-state index in [-0.39, 0.29) is 0 Å². The lowest BCUT2D eigenvalue weighted by Crippen LogP contribution is -2.20. The Labute approximate surface area is 143 Å². The number of aromatic amines is 1. The lowest BCUT2D eigenvalue weighted by atomic mass is 10.1. The van der Waals surface area contributed by atoms with Crippen LogP contribution in [0, 0.1) is 0 Å². The summed E-state index contributed by atoms with van der Waals surface area (Å²) >= 11 is 0. The summed E-state index contributed by atoms with van der Waals surface area (Å²) < 4.78 is 5.92. The summed E-state index contributed by atoms with van der Waals surface area (Å²) in [5.74, 6) is 0.965. The fourth-order valence-corrected chi connectivity index (χ4v) is 2.77. The maximum atomic E-state index is 5.92. The zero-order valence-electron chi connectivity index (χ0n) is 14.4. The van der Waals surface area contributed by atoms with Crippen LogP contribution < -0.4 is 10.1 Å². The van der Waals surface area contributed by atoms with Crippen LogP contribution in [0.5, 0.6) is 5.75 Å². The van der Waals surface area contributed by atoms with Crippen molar-refractivity contribution in [1.29, 1.82) is 0 Å². The predicted molar refractivity (Wildman–Crippen MR) is 99.3 cm³/mol. The van der Waals surface area contributed by atoms with Crippen LogP contribution in [0.3, 0.4) is 0 Å². The van der Waals surface area contributed by atoms with Crippen molar-refractivity contribution >= 4 is 10.9 Å². The summed E-state index contributed by atoms with van der Waals surface area (Å²) in [6.07, 6.45) is 1.99. The second-order valence-corrected chi connectivity index (χ2v) is 6.22. The highest BCUT2D eigenvalue weighted by atomic mass is 16.5. The molecule has 4 nitrogen and oxygen atoms in total. The van der Waals surface area contributed by atoms with E-state index in [1.54, 1.807) is 0 Å². The molecule has 2 N–H and O–H groups in total. The van der Waals surface area contributed by atoms with Crippen LogP contribution in [-0.2, 0) is 13.1 Å². The molecule has 0 aliphatic rings. The molecule has 126 valence electrons. The third kappa shape index (κ3) is 4.16. The van der Waals surface area contributed by atoms with E-state index < -0.39 is 0 Å². The van der Waals surface area contributed by atoms with Gasteiger partial charge in [-0.25, -0.2) is 0 Å². The Kier molecular flexibility index (Phi) is 5.51. The minimum atomic E-state index is 0.701. The second kappa shape index (κ2) is 7.99. The molecule has 0 aliphatic heterocycles. The third-order valence-corrected chi connectivity index (χ3v) is 4.08. The first-order chi connectivity index (χ1) is 11.7. The SMILES string of the molecule is CN(C)CCOc1ccccc1CNCc1cccc2[nH]ccc12. The summed E-state index contributed by atoms with van der Waals surface area (Å²) in [6, 6.07) is 16.7. The number of likely N-dealkylation sites (N-methyl/N-ethyl adjacent to an activating group) is 1. The first-order valence-electron chi connectivity index (χ1n) is 8.35. The molecule has 0 radical (unpaired) electrons. The molecule has 0 bridgehead atoms. The van der Waals surface area contributed by atoms with E-state index in [1.807, 2.05) is 18.3 Å². The Morgan fingerprint density at radius 3 is 2.62 bits per heavy atom. The quantitative estimate of drug-likeness (QED) is 0.667. The Balaban J connectivity index is 1.59. The molecule has 0 fully saturated rings. The highest BCUT2D eigenvalue weighted by Crippen LogP contribution is 2.19. The van der Waals surface area contributed by atoms with Gasteiger partial charge in [0.2, 0.25) is 0 Å². The molecule has 0 atom stereocenters. The fraction of sp³-hybridized carbons (Fsp3) is 0.300. The summed E-state index contributed by atoms with van der Waals surface area (Å²) in [6.45, 7) is 3.24. The number of benzene rings is 2. The predicted octanol–water partition coefficient (Wildman–Crippen LogP) is 3.40. The molecule has 0 saturated carbocycles. The van der Waals surface area contributed by atoms with E-state index in [4.69, 9.17) is 4.74 Å². The minimum Gasteiger partial charge on any atom is -0.492 e. The molecule has 3 aromatic rings. The number of nitrogens with zero attached hydrogens (tertiary/aromatic N) is 1. The third-order valence-electron chi connectivity index (χ3n) is 4.08. The van der Waals surface area contributed by atoms with Crippen LogP contribution in [0.1, 0.15) is 11.1 Å². The van der Waals surface area contributed by atoms with Gasteiger partial charge in [0.05, 0.1) is 0 Å². The van der Waals surface area contributed by atoms with Crippen LogP contribution in [0.2, 0.25) is 0 Å². The van der Waals surface area contributed by atoms with Gasteiger partial charge in [-0.15, -0.1) is 0 Å². The minimum absolute atomic E-state index is 0.701. The van der Waals surface area contributed by atoms with Crippen LogP contribution in [0.15, 0.2) is 54.7 Å². The fourth-order valence-electron chi connectivity index (χ4n) is 2.77. The van der Waals surface area contributed by atoms with Crippen molar-refractivity contribution in [2.75, 3.05) is 27.2 Å². The highest BCUT2D eigenvalue weighted by Gasteiger charge is 2.05. The van der Waals surface area contributed by atoms with Gasteiger partial charge in [-0.2, -0.15) is 0 Å². The summed E-state index contributed by atoms with van der Waals surface area (Å²) in [5.41, 5.74) is 3.68. The van der Waals surface area contributed by atoms with Crippen molar-refractivity contribution in [1.82, 2.24) is 15.2 Å². The van der Waals surface area contributed by atoms with E-state index in [9.17, 15) is 0 Å². The average Bonchev–Trinajstić information content (AvgIpc) is 3.05. The molecule has 1 aromatic heterocycles. The smallest absolute Gasteiger partial charge is 0.123 e. The maximum Gasteiger partial charge on any atom is 0.123 e. The van der Waals surface area contributed by atoms with E-state index >= 15 is 0 Å².